The smallest absolute Gasteiger partial charge is 0.278 e. The number of carbonyl (C=O) groups is 3. The molecule has 8 heteroatoms. The van der Waals surface area contributed by atoms with Gasteiger partial charge < -0.3 is 24.6 Å². The molecule has 8 nitrogen and oxygen atoms in total. The van der Waals surface area contributed by atoms with E-state index in [0.717, 1.165) is 6.42 Å². The molecule has 30 heavy (non-hydrogen) atoms. The first-order valence-electron chi connectivity index (χ1n) is 9.75. The molecular formula is C22H23NO7. The number of carbonyl (C=O) groups excluding carboxylic acids is 3. The number of hydrogen-bond acceptors (Lipinski definition) is 7. The zero-order valence-corrected chi connectivity index (χ0v) is 16.9. The van der Waals surface area contributed by atoms with Crippen LogP contribution in [0.3, 0.4) is 0 Å². The van der Waals surface area contributed by atoms with Crippen molar-refractivity contribution in [2.75, 3.05) is 7.11 Å². The number of aliphatic hydroxyl groups is 1. The van der Waals surface area contributed by atoms with Crippen LogP contribution in [0, 0.1) is 0 Å². The van der Waals surface area contributed by atoms with Crippen molar-refractivity contribution in [3.63, 3.8) is 0 Å². The summed E-state index contributed by atoms with van der Waals surface area (Å²) in [6.07, 6.45) is 1.92. The normalized spacial score (nSPS) is 35.3. The maximum Gasteiger partial charge on any atom is 0.278 e. The molecule has 2 saturated heterocycles. The minimum atomic E-state index is -2.30. The summed E-state index contributed by atoms with van der Waals surface area (Å²) < 4.78 is 16.7. The minimum Gasteiger partial charge on any atom is -0.467 e. The highest BCUT2D eigenvalue weighted by Crippen LogP contribution is 2.47. The monoisotopic (exact) mass is 413 g/mol. The molecule has 1 amide bonds. The van der Waals surface area contributed by atoms with E-state index in [2.05, 4.69) is 5.32 Å². The van der Waals surface area contributed by atoms with Crippen molar-refractivity contribution in [2.24, 2.45) is 0 Å². The number of hydrogen-bond donors (Lipinski definition) is 2. The number of nitrogens with one attached hydrogen (secondary N) is 1. The molecule has 1 aromatic carbocycles. The Morgan fingerprint density at radius 2 is 2.00 bits per heavy atom. The van der Waals surface area contributed by atoms with Crippen LogP contribution in [0.25, 0.3) is 0 Å². The highest BCUT2D eigenvalue weighted by atomic mass is 16.6. The van der Waals surface area contributed by atoms with Crippen molar-refractivity contribution >= 4 is 17.5 Å². The average Bonchev–Trinajstić information content (AvgIpc) is 3.44. The van der Waals surface area contributed by atoms with Gasteiger partial charge in [0.1, 0.15) is 18.0 Å². The lowest BCUT2D eigenvalue weighted by molar-refractivity contribution is -0.160. The third-order valence-electron chi connectivity index (χ3n) is 5.77. The summed E-state index contributed by atoms with van der Waals surface area (Å²) in [5, 5.41) is 13.5. The number of benzene rings is 1. The second-order valence-corrected chi connectivity index (χ2v) is 7.51. The first-order valence-corrected chi connectivity index (χ1v) is 9.75. The molecule has 2 N–H and O–H groups in total. The molecule has 1 spiro atoms. The molecule has 3 unspecified atom stereocenters. The lowest BCUT2D eigenvalue weighted by atomic mass is 9.85. The fourth-order valence-corrected chi connectivity index (χ4v) is 4.02. The van der Waals surface area contributed by atoms with Gasteiger partial charge in [-0.1, -0.05) is 49.4 Å². The predicted octanol–water partition coefficient (Wildman–Crippen LogP) is 1.05. The summed E-state index contributed by atoms with van der Waals surface area (Å²) in [5.41, 5.74) is -4.07. The van der Waals surface area contributed by atoms with Crippen LogP contribution >= 0.6 is 0 Å². The van der Waals surface area contributed by atoms with Crippen LogP contribution in [-0.4, -0.2) is 59.3 Å². The van der Waals surface area contributed by atoms with Gasteiger partial charge in [0.25, 0.3) is 11.5 Å². The third kappa shape index (κ3) is 2.68. The molecule has 2 fully saturated rings. The van der Waals surface area contributed by atoms with E-state index in [9.17, 15) is 19.5 Å². The maximum absolute atomic E-state index is 13.2. The van der Waals surface area contributed by atoms with Crippen LogP contribution in [0.1, 0.15) is 30.6 Å². The molecule has 3 aliphatic heterocycles. The van der Waals surface area contributed by atoms with Crippen molar-refractivity contribution in [2.45, 2.75) is 49.9 Å². The second-order valence-electron chi connectivity index (χ2n) is 7.51. The fourth-order valence-electron chi connectivity index (χ4n) is 4.02. The first-order chi connectivity index (χ1) is 14.3. The number of allylic oxidation sites excluding steroid dienone is 1. The second kappa shape index (κ2) is 7.16. The zero-order chi connectivity index (χ0) is 21.7. The zero-order valence-electron chi connectivity index (χ0n) is 16.9. The van der Waals surface area contributed by atoms with Gasteiger partial charge in [0.2, 0.25) is 17.3 Å². The lowest BCUT2D eigenvalue weighted by Crippen LogP contribution is -2.60. The van der Waals surface area contributed by atoms with Crippen molar-refractivity contribution in [3.8, 4) is 0 Å². The number of amides is 1. The summed E-state index contributed by atoms with van der Waals surface area (Å²) in [6, 6.07) is 8.07. The summed E-state index contributed by atoms with van der Waals surface area (Å²) in [4.78, 5) is 39.3. The molecule has 158 valence electrons. The molecule has 0 bridgehead atoms. The van der Waals surface area contributed by atoms with Gasteiger partial charge in [-0.05, 0) is 13.3 Å². The maximum atomic E-state index is 13.2. The van der Waals surface area contributed by atoms with E-state index in [-0.39, 0.29) is 23.0 Å². The Bertz CT molecular complexity index is 969. The fraction of sp³-hybridized carbons (Fsp3) is 0.409. The van der Waals surface area contributed by atoms with Crippen LogP contribution < -0.4 is 5.32 Å². The van der Waals surface area contributed by atoms with Crippen molar-refractivity contribution in [1.82, 2.24) is 5.32 Å². The number of rotatable bonds is 6. The number of methoxy groups -OCH3 is 1. The van der Waals surface area contributed by atoms with E-state index in [4.69, 9.17) is 14.2 Å². The van der Waals surface area contributed by atoms with E-state index in [1.165, 1.54) is 26.2 Å². The first kappa shape index (κ1) is 20.5. The molecular weight excluding hydrogens is 390 g/mol. The van der Waals surface area contributed by atoms with Gasteiger partial charge in [-0.2, -0.15) is 0 Å². The van der Waals surface area contributed by atoms with Crippen molar-refractivity contribution in [1.29, 1.82) is 0 Å². The molecule has 1 aromatic rings. The van der Waals surface area contributed by atoms with Gasteiger partial charge in [-0.15, -0.1) is 0 Å². The van der Waals surface area contributed by atoms with Crippen LogP contribution in [0.15, 0.2) is 53.8 Å². The van der Waals surface area contributed by atoms with Crippen molar-refractivity contribution < 1.29 is 33.7 Å². The topological polar surface area (TPSA) is 114 Å². The van der Waals surface area contributed by atoms with Crippen LogP contribution in [0.5, 0.6) is 0 Å². The molecule has 0 aliphatic carbocycles. The molecule has 4 rings (SSSR count). The largest absolute Gasteiger partial charge is 0.467 e. The number of aliphatic hydroxyl groups excluding tert-OH is 1. The summed E-state index contributed by atoms with van der Waals surface area (Å²) in [7, 11) is 1.18. The number of ketones is 2. The molecule has 0 radical (unpaired) electrons. The third-order valence-corrected chi connectivity index (χ3v) is 5.77. The Labute approximate surface area is 173 Å². The van der Waals surface area contributed by atoms with Gasteiger partial charge in [0.05, 0.1) is 0 Å². The number of ether oxygens (including phenoxy) is 3. The summed E-state index contributed by atoms with van der Waals surface area (Å²) in [5.74, 6) is -2.13. The van der Waals surface area contributed by atoms with Gasteiger partial charge in [-0.3, -0.25) is 14.4 Å². The summed E-state index contributed by atoms with van der Waals surface area (Å²) >= 11 is 0. The standard InChI is InChI=1S/C22H23NO7/c1-4-5-11-14-16(29-14)15-12(2)17(24)21(30-15)19(26)22(28-3,23-20(21)27)18(25)13-9-7-6-8-10-13/h5-11,14,16,19,26H,4H2,1-3H3,(H,23,27)/b11-5-/t14-,16+,19?,21?,22?/m0/s1. The van der Waals surface area contributed by atoms with Gasteiger partial charge in [0.15, 0.2) is 6.10 Å². The van der Waals surface area contributed by atoms with Crippen LogP contribution in [-0.2, 0) is 23.8 Å². The molecule has 0 saturated carbocycles. The number of Topliss-reactive ketones (excluding diaryl/α,β-unsaturated/α-hetero) is 2. The van der Waals surface area contributed by atoms with Crippen LogP contribution in [0.2, 0.25) is 0 Å². The highest BCUT2D eigenvalue weighted by Gasteiger charge is 2.74. The quantitative estimate of drug-likeness (QED) is 0.310. The van der Waals surface area contributed by atoms with E-state index >= 15 is 0 Å². The van der Waals surface area contributed by atoms with E-state index in [1.54, 1.807) is 18.2 Å². The molecule has 3 heterocycles. The van der Waals surface area contributed by atoms with Gasteiger partial charge >= 0.3 is 0 Å². The lowest BCUT2D eigenvalue weighted by Gasteiger charge is -2.32. The Kier molecular flexibility index (Phi) is 4.88. The highest BCUT2D eigenvalue weighted by molar-refractivity contribution is 6.23. The number of epoxide rings is 1. The minimum absolute atomic E-state index is 0.181. The van der Waals surface area contributed by atoms with Crippen LogP contribution in [0.4, 0.5) is 0 Å². The van der Waals surface area contributed by atoms with Gasteiger partial charge in [-0.25, -0.2) is 0 Å². The average molecular weight is 413 g/mol. The molecule has 0 aromatic heterocycles. The Hall–Kier alpha value is -2.81. The van der Waals surface area contributed by atoms with Gasteiger partial charge in [0, 0.05) is 18.2 Å². The Morgan fingerprint density at radius 1 is 1.30 bits per heavy atom. The van der Waals surface area contributed by atoms with E-state index < -0.39 is 41.0 Å². The van der Waals surface area contributed by atoms with E-state index in [0.29, 0.717) is 0 Å². The van der Waals surface area contributed by atoms with E-state index in [1.807, 2.05) is 19.1 Å². The Morgan fingerprint density at radius 3 is 2.63 bits per heavy atom. The summed E-state index contributed by atoms with van der Waals surface area (Å²) in [6.45, 7) is 3.50. The molecule has 5 atom stereocenters. The SMILES string of the molecule is CC/C=C\[C@@H]1O[C@H]1C1=C(C)C(=O)C2(O1)C(=O)NC(OC)(C(=O)c1ccccc1)C2O. The predicted molar refractivity (Wildman–Crippen MR) is 104 cm³/mol. The Balaban J connectivity index is 1.67. The van der Waals surface area contributed by atoms with Crippen molar-refractivity contribution in [3.05, 3.63) is 59.4 Å². The molecule has 3 aliphatic rings.